The highest BCUT2D eigenvalue weighted by Gasteiger charge is 2.46. The fourth-order valence-corrected chi connectivity index (χ4v) is 3.76. The Morgan fingerprint density at radius 1 is 0.900 bits per heavy atom. The lowest BCUT2D eigenvalue weighted by Crippen LogP contribution is -2.38. The summed E-state index contributed by atoms with van der Waals surface area (Å²) in [4.78, 5) is 24.5. The second-order valence-electron chi connectivity index (χ2n) is 5.79. The zero-order valence-electron chi connectivity index (χ0n) is 12.5. The van der Waals surface area contributed by atoms with Gasteiger partial charge in [0.15, 0.2) is 0 Å². The van der Waals surface area contributed by atoms with Crippen LogP contribution in [0.5, 0.6) is 0 Å². The number of esters is 2. The van der Waals surface area contributed by atoms with Crippen molar-refractivity contribution in [1.82, 2.24) is 0 Å². The Bertz CT molecular complexity index is 416. The van der Waals surface area contributed by atoms with Gasteiger partial charge in [-0.2, -0.15) is 0 Å². The minimum Gasteiger partial charge on any atom is -0.468 e. The molecule has 4 heteroatoms. The molecule has 0 aromatic heterocycles. The van der Waals surface area contributed by atoms with Gasteiger partial charge >= 0.3 is 11.9 Å². The van der Waals surface area contributed by atoms with Crippen molar-refractivity contribution in [2.75, 3.05) is 14.2 Å². The van der Waals surface area contributed by atoms with Gasteiger partial charge in [-0.25, -0.2) is 4.79 Å². The molecule has 2 aliphatic rings. The van der Waals surface area contributed by atoms with Crippen molar-refractivity contribution >= 4 is 11.9 Å². The summed E-state index contributed by atoms with van der Waals surface area (Å²) >= 11 is 0. The first-order chi connectivity index (χ1) is 9.65. The van der Waals surface area contributed by atoms with Crippen LogP contribution in [0.1, 0.15) is 57.8 Å². The van der Waals surface area contributed by atoms with Crippen molar-refractivity contribution in [3.63, 3.8) is 0 Å². The van der Waals surface area contributed by atoms with Crippen LogP contribution in [0.2, 0.25) is 0 Å². The molecule has 20 heavy (non-hydrogen) atoms. The molecule has 0 bridgehead atoms. The number of hydrogen-bond donors (Lipinski definition) is 0. The molecule has 0 N–H and O–H groups in total. The summed E-state index contributed by atoms with van der Waals surface area (Å²) < 4.78 is 10.0. The van der Waals surface area contributed by atoms with Gasteiger partial charge in [0.05, 0.1) is 19.6 Å². The Hall–Kier alpha value is -1.32. The largest absolute Gasteiger partial charge is 0.468 e. The van der Waals surface area contributed by atoms with E-state index in [0.717, 1.165) is 68.9 Å². The maximum atomic E-state index is 12.4. The van der Waals surface area contributed by atoms with Crippen LogP contribution < -0.4 is 0 Å². The summed E-state index contributed by atoms with van der Waals surface area (Å²) in [5.41, 5.74) is 1.16. The normalized spacial score (nSPS) is 22.3. The standard InChI is InChI=1S/C16H24O4/c1-19-14(17)12-8-4-5-9-13(12)16(15(18)20-2)10-6-3-7-11-16/h3-11H2,1-2H3. The summed E-state index contributed by atoms with van der Waals surface area (Å²) in [6, 6.07) is 0. The van der Waals surface area contributed by atoms with Crippen molar-refractivity contribution in [1.29, 1.82) is 0 Å². The number of carbonyl (C=O) groups excluding carboxylic acids is 2. The summed E-state index contributed by atoms with van der Waals surface area (Å²) in [5, 5.41) is 0. The topological polar surface area (TPSA) is 52.6 Å². The summed E-state index contributed by atoms with van der Waals surface area (Å²) in [6.07, 6.45) is 8.37. The van der Waals surface area contributed by atoms with Gasteiger partial charge in [0.1, 0.15) is 0 Å². The van der Waals surface area contributed by atoms with E-state index in [1.807, 2.05) is 0 Å². The van der Waals surface area contributed by atoms with Gasteiger partial charge < -0.3 is 9.47 Å². The first kappa shape index (κ1) is 15.1. The van der Waals surface area contributed by atoms with Crippen LogP contribution in [-0.4, -0.2) is 26.2 Å². The molecule has 0 spiro atoms. The monoisotopic (exact) mass is 280 g/mol. The molecule has 4 nitrogen and oxygen atoms in total. The van der Waals surface area contributed by atoms with E-state index in [1.54, 1.807) is 0 Å². The number of rotatable bonds is 3. The van der Waals surface area contributed by atoms with Crippen molar-refractivity contribution in [2.45, 2.75) is 57.8 Å². The van der Waals surface area contributed by atoms with Crippen LogP contribution in [0, 0.1) is 5.41 Å². The maximum absolute atomic E-state index is 12.4. The van der Waals surface area contributed by atoms with Gasteiger partial charge in [-0.05, 0) is 44.1 Å². The van der Waals surface area contributed by atoms with Crippen LogP contribution in [0.4, 0.5) is 0 Å². The Morgan fingerprint density at radius 2 is 1.55 bits per heavy atom. The molecular formula is C16H24O4. The molecule has 0 aromatic carbocycles. The van der Waals surface area contributed by atoms with E-state index in [1.165, 1.54) is 14.2 Å². The van der Waals surface area contributed by atoms with Gasteiger partial charge in [0.2, 0.25) is 0 Å². The molecule has 0 aromatic rings. The fraction of sp³-hybridized carbons (Fsp3) is 0.750. The molecule has 0 heterocycles. The predicted octanol–water partition coefficient (Wildman–Crippen LogP) is 3.15. The van der Waals surface area contributed by atoms with Crippen molar-refractivity contribution in [3.8, 4) is 0 Å². The molecule has 0 aliphatic heterocycles. The molecule has 0 amide bonds. The van der Waals surface area contributed by atoms with Crippen LogP contribution in [-0.2, 0) is 19.1 Å². The predicted molar refractivity (Wildman–Crippen MR) is 75.0 cm³/mol. The van der Waals surface area contributed by atoms with Gasteiger partial charge in [-0.3, -0.25) is 4.79 Å². The molecule has 1 fully saturated rings. The van der Waals surface area contributed by atoms with Crippen molar-refractivity contribution in [3.05, 3.63) is 11.1 Å². The number of methoxy groups -OCH3 is 2. The first-order valence-electron chi connectivity index (χ1n) is 7.55. The van der Waals surface area contributed by atoms with E-state index in [2.05, 4.69) is 0 Å². The molecule has 0 atom stereocenters. The van der Waals surface area contributed by atoms with Gasteiger partial charge in [0.25, 0.3) is 0 Å². The highest BCUT2D eigenvalue weighted by Crippen LogP contribution is 2.48. The quantitative estimate of drug-likeness (QED) is 0.745. The van der Waals surface area contributed by atoms with Crippen molar-refractivity contribution in [2.24, 2.45) is 5.41 Å². The Labute approximate surface area is 120 Å². The summed E-state index contributed by atoms with van der Waals surface area (Å²) in [5.74, 6) is -0.441. The average molecular weight is 280 g/mol. The van der Waals surface area contributed by atoms with Gasteiger partial charge in [-0.1, -0.05) is 19.3 Å². The Morgan fingerprint density at radius 3 is 2.15 bits per heavy atom. The molecule has 0 radical (unpaired) electrons. The SMILES string of the molecule is COC(=O)C1=C(C2(C(=O)OC)CCCCC2)CCCC1. The second kappa shape index (κ2) is 6.42. The van der Waals surface area contributed by atoms with E-state index in [0.29, 0.717) is 0 Å². The minimum absolute atomic E-state index is 0.171. The van der Waals surface area contributed by atoms with Crippen LogP contribution in [0.3, 0.4) is 0 Å². The summed E-state index contributed by atoms with van der Waals surface area (Å²) in [7, 11) is 2.85. The number of ether oxygens (including phenoxy) is 2. The van der Waals surface area contributed by atoms with E-state index in [-0.39, 0.29) is 11.9 Å². The highest BCUT2D eigenvalue weighted by atomic mass is 16.5. The zero-order valence-corrected chi connectivity index (χ0v) is 12.5. The first-order valence-corrected chi connectivity index (χ1v) is 7.55. The van der Waals surface area contributed by atoms with E-state index in [9.17, 15) is 9.59 Å². The van der Waals surface area contributed by atoms with Gasteiger partial charge in [-0.15, -0.1) is 0 Å². The fourth-order valence-electron chi connectivity index (χ4n) is 3.76. The summed E-state index contributed by atoms with van der Waals surface area (Å²) in [6.45, 7) is 0. The smallest absolute Gasteiger partial charge is 0.333 e. The number of hydrogen-bond acceptors (Lipinski definition) is 4. The third-order valence-electron chi connectivity index (χ3n) is 4.76. The molecule has 2 aliphatic carbocycles. The molecule has 112 valence electrons. The lowest BCUT2D eigenvalue weighted by Gasteiger charge is -2.39. The Balaban J connectivity index is 2.46. The Kier molecular flexibility index (Phi) is 4.84. The van der Waals surface area contributed by atoms with E-state index in [4.69, 9.17) is 9.47 Å². The third-order valence-corrected chi connectivity index (χ3v) is 4.76. The number of carbonyl (C=O) groups is 2. The van der Waals surface area contributed by atoms with Crippen molar-refractivity contribution < 1.29 is 19.1 Å². The lowest BCUT2D eigenvalue weighted by molar-refractivity contribution is -0.152. The zero-order chi connectivity index (χ0) is 14.6. The minimum atomic E-state index is -0.572. The molecule has 2 rings (SSSR count). The highest BCUT2D eigenvalue weighted by molar-refractivity contribution is 5.92. The molecule has 0 saturated heterocycles. The second-order valence-corrected chi connectivity index (χ2v) is 5.79. The van der Waals surface area contributed by atoms with Crippen LogP contribution >= 0.6 is 0 Å². The molecule has 0 unspecified atom stereocenters. The molecule has 1 saturated carbocycles. The van der Waals surface area contributed by atoms with E-state index >= 15 is 0 Å². The molecular weight excluding hydrogens is 256 g/mol. The van der Waals surface area contributed by atoms with Crippen LogP contribution in [0.15, 0.2) is 11.1 Å². The lowest BCUT2D eigenvalue weighted by atomic mass is 9.65. The maximum Gasteiger partial charge on any atom is 0.333 e. The van der Waals surface area contributed by atoms with E-state index < -0.39 is 5.41 Å². The third kappa shape index (κ3) is 2.60. The van der Waals surface area contributed by atoms with Crippen LogP contribution in [0.25, 0.3) is 0 Å². The van der Waals surface area contributed by atoms with Gasteiger partial charge in [0, 0.05) is 5.57 Å². The average Bonchev–Trinajstić information content (AvgIpc) is 2.54.